The zero-order chi connectivity index (χ0) is 43.3. The third-order valence-corrected chi connectivity index (χ3v) is 18.3. The van der Waals surface area contributed by atoms with E-state index in [1.54, 1.807) is 0 Å². The van der Waals surface area contributed by atoms with Crippen LogP contribution in [-0.4, -0.2) is 19.9 Å². The molecule has 0 atom stereocenters. The molecule has 0 saturated carbocycles. The third kappa shape index (κ3) is 6.66. The largest absolute Gasteiger partial charge is 0.458 e. The van der Waals surface area contributed by atoms with Gasteiger partial charge in [0.2, 0.25) is 7.28 Å². The third-order valence-electron chi connectivity index (χ3n) is 13.1. The summed E-state index contributed by atoms with van der Waals surface area (Å²) >= 11 is 5.20. The SMILES string of the molecule is Sc1ccc(-c2cccc([Si](c3ccccc3)(c3ccccc3)c3ccccc3)c2)cc1-c1cc(-c2cccc(-n3c4ccccc4c4ccccc43)c2)cc2c1[B]c1ccccc1O2. The maximum atomic E-state index is 6.80. The Kier molecular flexibility index (Phi) is 9.74. The lowest BCUT2D eigenvalue weighted by atomic mass is 9.59. The van der Waals surface area contributed by atoms with Crippen LogP contribution in [-0.2, 0) is 0 Å². The Morgan fingerprint density at radius 2 is 0.908 bits per heavy atom. The van der Waals surface area contributed by atoms with E-state index in [0.717, 1.165) is 66.4 Å². The number of fused-ring (bicyclic) bond motifs is 5. The molecule has 0 bridgehead atoms. The topological polar surface area (TPSA) is 14.2 Å². The van der Waals surface area contributed by atoms with Crippen LogP contribution in [0.1, 0.15) is 0 Å². The van der Waals surface area contributed by atoms with Crippen molar-refractivity contribution in [1.29, 1.82) is 0 Å². The second kappa shape index (κ2) is 16.2. The normalized spacial score (nSPS) is 12.0. The van der Waals surface area contributed by atoms with Crippen LogP contribution in [0.4, 0.5) is 0 Å². The van der Waals surface area contributed by atoms with Crippen molar-refractivity contribution < 1.29 is 4.74 Å². The molecule has 12 rings (SSSR count). The van der Waals surface area contributed by atoms with Crippen LogP contribution in [0, 0.1) is 0 Å². The quantitative estimate of drug-likeness (QED) is 0.0913. The minimum atomic E-state index is -2.74. The lowest BCUT2D eigenvalue weighted by Gasteiger charge is -2.34. The highest BCUT2D eigenvalue weighted by Crippen LogP contribution is 2.39. The fourth-order valence-electron chi connectivity index (χ4n) is 10.2. The zero-order valence-corrected chi connectivity index (χ0v) is 37.4. The van der Waals surface area contributed by atoms with E-state index in [4.69, 9.17) is 17.4 Å². The maximum absolute atomic E-state index is 6.80. The molecule has 0 fully saturated rings. The Morgan fingerprint density at radius 1 is 0.385 bits per heavy atom. The molecule has 1 radical (unpaired) electrons. The van der Waals surface area contributed by atoms with Crippen LogP contribution < -0.4 is 36.4 Å². The van der Waals surface area contributed by atoms with Gasteiger partial charge in [-0.2, -0.15) is 0 Å². The number of nitrogens with zero attached hydrogens (tertiary/aromatic N) is 1. The van der Waals surface area contributed by atoms with Crippen molar-refractivity contribution in [2.24, 2.45) is 0 Å². The number of rotatable bonds is 8. The summed E-state index contributed by atoms with van der Waals surface area (Å²) in [6.45, 7) is 0. The average Bonchev–Trinajstić information content (AvgIpc) is 3.71. The molecule has 0 spiro atoms. The van der Waals surface area contributed by atoms with Crippen LogP contribution in [0.15, 0.2) is 248 Å². The van der Waals surface area contributed by atoms with Gasteiger partial charge in [-0.05, 0) is 120 Å². The predicted octanol–water partition coefficient (Wildman–Crippen LogP) is 11.2. The van der Waals surface area contributed by atoms with Gasteiger partial charge in [-0.15, -0.1) is 12.6 Å². The fourth-order valence-corrected chi connectivity index (χ4v) is 15.2. The highest BCUT2D eigenvalue weighted by molar-refractivity contribution is 7.80. The molecule has 11 aromatic rings. The molecule has 305 valence electrons. The first kappa shape index (κ1) is 39.1. The zero-order valence-electron chi connectivity index (χ0n) is 35.5. The van der Waals surface area contributed by atoms with E-state index in [1.165, 1.54) is 42.6 Å². The van der Waals surface area contributed by atoms with Crippen molar-refractivity contribution in [3.8, 4) is 50.6 Å². The molecule has 0 saturated heterocycles. The minimum Gasteiger partial charge on any atom is -0.458 e. The van der Waals surface area contributed by atoms with E-state index >= 15 is 0 Å². The molecule has 5 heteroatoms. The van der Waals surface area contributed by atoms with E-state index < -0.39 is 8.07 Å². The van der Waals surface area contributed by atoms with Gasteiger partial charge in [0.1, 0.15) is 11.5 Å². The maximum Gasteiger partial charge on any atom is 0.202 e. The van der Waals surface area contributed by atoms with Gasteiger partial charge in [0.15, 0.2) is 8.07 Å². The first-order chi connectivity index (χ1) is 32.1. The number of para-hydroxylation sites is 3. The number of hydrogen-bond acceptors (Lipinski definition) is 2. The lowest BCUT2D eigenvalue weighted by Crippen LogP contribution is -2.74. The highest BCUT2D eigenvalue weighted by atomic mass is 32.1. The molecule has 65 heavy (non-hydrogen) atoms. The van der Waals surface area contributed by atoms with Gasteiger partial charge in [-0.25, -0.2) is 0 Å². The highest BCUT2D eigenvalue weighted by Gasteiger charge is 2.41. The summed E-state index contributed by atoms with van der Waals surface area (Å²) < 4.78 is 9.17. The predicted molar refractivity (Wildman–Crippen MR) is 279 cm³/mol. The van der Waals surface area contributed by atoms with Crippen LogP contribution in [0.3, 0.4) is 0 Å². The van der Waals surface area contributed by atoms with Gasteiger partial charge >= 0.3 is 0 Å². The van der Waals surface area contributed by atoms with Crippen molar-refractivity contribution >= 4 is 81.5 Å². The van der Waals surface area contributed by atoms with Crippen molar-refractivity contribution in [2.45, 2.75) is 4.90 Å². The fraction of sp³-hybridized carbons (Fsp3) is 0. The van der Waals surface area contributed by atoms with Crippen molar-refractivity contribution in [1.82, 2.24) is 4.57 Å². The summed E-state index contributed by atoms with van der Waals surface area (Å²) in [5, 5.41) is 7.86. The summed E-state index contributed by atoms with van der Waals surface area (Å²) in [6.07, 6.45) is 0. The second-order valence-electron chi connectivity index (χ2n) is 16.8. The van der Waals surface area contributed by atoms with Crippen molar-refractivity contribution in [3.63, 3.8) is 0 Å². The monoisotopic (exact) mass is 862 g/mol. The Hall–Kier alpha value is -7.57. The molecule has 10 aromatic carbocycles. The molecule has 2 heterocycles. The van der Waals surface area contributed by atoms with Gasteiger partial charge in [0.05, 0.1) is 11.0 Å². The van der Waals surface area contributed by atoms with E-state index in [1.807, 2.05) is 12.1 Å². The van der Waals surface area contributed by atoms with Gasteiger partial charge in [0.25, 0.3) is 0 Å². The molecule has 0 amide bonds. The summed E-state index contributed by atoms with van der Waals surface area (Å²) in [5.41, 5.74) is 12.1. The molecule has 0 unspecified atom stereocenters. The molecule has 0 N–H and O–H groups in total. The number of hydrogen-bond donors (Lipinski definition) is 1. The molecule has 1 aromatic heterocycles. The first-order valence-corrected chi connectivity index (χ1v) is 24.6. The Labute approximate surface area is 386 Å². The molecule has 2 nitrogen and oxygen atoms in total. The molecular formula is C60H41BNOSSi. The molecule has 1 aliphatic rings. The number of benzene rings is 10. The lowest BCUT2D eigenvalue weighted by molar-refractivity contribution is 0.488. The van der Waals surface area contributed by atoms with Crippen LogP contribution in [0.5, 0.6) is 11.5 Å². The number of ether oxygens (including phenoxy) is 1. The van der Waals surface area contributed by atoms with Gasteiger partial charge < -0.3 is 9.30 Å². The summed E-state index contributed by atoms with van der Waals surface area (Å²) in [5.74, 6) is 1.67. The van der Waals surface area contributed by atoms with Crippen LogP contribution in [0.25, 0.3) is 60.9 Å². The number of thiol groups is 1. The number of aromatic nitrogens is 1. The van der Waals surface area contributed by atoms with Gasteiger partial charge in [-0.3, -0.25) is 0 Å². The van der Waals surface area contributed by atoms with Crippen molar-refractivity contribution in [3.05, 3.63) is 243 Å². The van der Waals surface area contributed by atoms with E-state index in [9.17, 15) is 0 Å². The molecule has 0 aliphatic carbocycles. The molecule has 1 aliphatic heterocycles. The Balaban J connectivity index is 1.03. The van der Waals surface area contributed by atoms with Crippen molar-refractivity contribution in [2.75, 3.05) is 0 Å². The van der Waals surface area contributed by atoms with E-state index in [-0.39, 0.29) is 0 Å². The van der Waals surface area contributed by atoms with E-state index in [2.05, 4.69) is 242 Å². The minimum absolute atomic E-state index is 0.822. The smallest absolute Gasteiger partial charge is 0.202 e. The van der Waals surface area contributed by atoms with Crippen LogP contribution in [0.2, 0.25) is 0 Å². The standard InChI is InChI=1S/C60H41BNOSSi/c64-59-35-34-43(42-19-17-27-49(37-42)65(46-21-4-1-5-22-46,47-23-6-2-7-24-47)48-25-8-3-9-26-48)38-52(59)53-39-44(40-58-60(53)61-54-30-12-15-33-57(54)63-58)41-18-16-20-45(36-41)62-55-31-13-10-28-50(55)51-29-11-14-32-56(51)62/h1-40,64H. The van der Waals surface area contributed by atoms with E-state index in [0.29, 0.717) is 0 Å². The van der Waals surface area contributed by atoms with Gasteiger partial charge in [-0.1, -0.05) is 188 Å². The summed E-state index contributed by atoms with van der Waals surface area (Å²) in [4.78, 5) is 0.900. The Morgan fingerprint density at radius 3 is 1.57 bits per heavy atom. The Bertz CT molecular complexity index is 3420. The summed E-state index contributed by atoms with van der Waals surface area (Å²) in [7, 11) is -0.479. The first-order valence-electron chi connectivity index (χ1n) is 22.1. The molecular weight excluding hydrogens is 822 g/mol. The van der Waals surface area contributed by atoms with Crippen LogP contribution >= 0.6 is 12.6 Å². The second-order valence-corrected chi connectivity index (χ2v) is 21.1. The van der Waals surface area contributed by atoms with Gasteiger partial charge in [0, 0.05) is 21.4 Å². The average molecular weight is 863 g/mol. The summed E-state index contributed by atoms with van der Waals surface area (Å²) in [6, 6.07) is 88.3.